The number of amides is 1. The molecule has 2 rings (SSSR count). The van der Waals surface area contributed by atoms with E-state index in [-0.39, 0.29) is 11.9 Å². The van der Waals surface area contributed by atoms with E-state index < -0.39 is 0 Å². The molecule has 140 valence electrons. The number of rotatable bonds is 8. The Labute approximate surface area is 159 Å². The molecule has 0 aliphatic rings. The molecule has 0 aromatic heterocycles. The first-order chi connectivity index (χ1) is 12.5. The zero-order chi connectivity index (χ0) is 19.1. The van der Waals surface area contributed by atoms with Crippen molar-refractivity contribution in [2.75, 3.05) is 26.1 Å². The summed E-state index contributed by atoms with van der Waals surface area (Å²) in [5.74, 6) is 1.29. The van der Waals surface area contributed by atoms with Gasteiger partial charge in [0.05, 0.1) is 30.5 Å². The first kappa shape index (κ1) is 20.1. The molecule has 6 heteroatoms. The van der Waals surface area contributed by atoms with Crippen molar-refractivity contribution in [2.45, 2.75) is 26.4 Å². The number of para-hydroxylation sites is 1. The minimum absolute atomic E-state index is 0.112. The lowest BCUT2D eigenvalue weighted by atomic mass is 10.1. The first-order valence-electron chi connectivity index (χ1n) is 8.51. The van der Waals surface area contributed by atoms with E-state index in [2.05, 4.69) is 5.32 Å². The summed E-state index contributed by atoms with van der Waals surface area (Å²) in [4.78, 5) is 14.5. The summed E-state index contributed by atoms with van der Waals surface area (Å²) in [7, 11) is 3.52. The molecule has 26 heavy (non-hydrogen) atoms. The number of methoxy groups -OCH3 is 1. The van der Waals surface area contributed by atoms with Crippen molar-refractivity contribution in [3.05, 3.63) is 53.1 Å². The second kappa shape index (κ2) is 9.46. The van der Waals surface area contributed by atoms with Gasteiger partial charge in [0.15, 0.2) is 11.5 Å². The number of likely N-dealkylation sites (N-methyl/N-ethyl adjacent to an activating group) is 1. The van der Waals surface area contributed by atoms with Gasteiger partial charge in [-0.3, -0.25) is 9.69 Å². The molecule has 0 unspecified atom stereocenters. The number of nitrogens with one attached hydrogen (secondary N) is 1. The van der Waals surface area contributed by atoms with E-state index in [4.69, 9.17) is 21.1 Å². The van der Waals surface area contributed by atoms with E-state index in [0.29, 0.717) is 35.4 Å². The number of ether oxygens (including phenoxy) is 2. The minimum atomic E-state index is -0.330. The maximum Gasteiger partial charge on any atom is 0.241 e. The maximum absolute atomic E-state index is 12.5. The monoisotopic (exact) mass is 376 g/mol. The summed E-state index contributed by atoms with van der Waals surface area (Å²) in [6, 6.07) is 12.7. The van der Waals surface area contributed by atoms with Crippen LogP contribution in [0.3, 0.4) is 0 Å². The van der Waals surface area contributed by atoms with Crippen molar-refractivity contribution < 1.29 is 14.3 Å². The molecule has 1 atom stereocenters. The lowest BCUT2D eigenvalue weighted by Crippen LogP contribution is -2.39. The Morgan fingerprint density at radius 1 is 1.23 bits per heavy atom. The Morgan fingerprint density at radius 3 is 2.62 bits per heavy atom. The van der Waals surface area contributed by atoms with Gasteiger partial charge in [0, 0.05) is 6.54 Å². The predicted octanol–water partition coefficient (Wildman–Crippen LogP) is 4.21. The third kappa shape index (κ3) is 5.13. The van der Waals surface area contributed by atoms with Crippen LogP contribution in [0.5, 0.6) is 11.5 Å². The van der Waals surface area contributed by atoms with Crippen LogP contribution in [0.1, 0.15) is 19.4 Å². The van der Waals surface area contributed by atoms with E-state index in [1.165, 1.54) is 0 Å². The van der Waals surface area contributed by atoms with Crippen molar-refractivity contribution in [3.63, 3.8) is 0 Å². The number of nitrogens with zero attached hydrogens (tertiary/aromatic N) is 1. The van der Waals surface area contributed by atoms with Crippen molar-refractivity contribution >= 4 is 23.2 Å². The molecular formula is C20H25ClN2O3. The number of benzene rings is 2. The average molecular weight is 377 g/mol. The molecular weight excluding hydrogens is 352 g/mol. The number of hydrogen-bond acceptors (Lipinski definition) is 4. The molecule has 0 saturated carbocycles. The topological polar surface area (TPSA) is 50.8 Å². The molecule has 1 N–H and O–H groups in total. The van der Waals surface area contributed by atoms with Crippen LogP contribution in [0.4, 0.5) is 5.69 Å². The van der Waals surface area contributed by atoms with Crippen LogP contribution in [0.2, 0.25) is 5.02 Å². The van der Waals surface area contributed by atoms with E-state index >= 15 is 0 Å². The lowest BCUT2D eigenvalue weighted by molar-refractivity contribution is -0.120. The van der Waals surface area contributed by atoms with Crippen LogP contribution in [0.15, 0.2) is 42.5 Å². The van der Waals surface area contributed by atoms with Crippen LogP contribution < -0.4 is 14.8 Å². The molecule has 2 aromatic rings. The highest BCUT2D eigenvalue weighted by molar-refractivity contribution is 6.33. The lowest BCUT2D eigenvalue weighted by Gasteiger charge is -2.24. The number of anilines is 1. The van der Waals surface area contributed by atoms with Crippen molar-refractivity contribution in [3.8, 4) is 11.5 Å². The molecule has 5 nitrogen and oxygen atoms in total. The third-order valence-corrected chi connectivity index (χ3v) is 4.46. The summed E-state index contributed by atoms with van der Waals surface area (Å²) in [5, 5.41) is 3.39. The van der Waals surface area contributed by atoms with Crippen LogP contribution in [-0.2, 0) is 11.3 Å². The normalized spacial score (nSPS) is 11.9. The number of carbonyl (C=O) groups excluding carboxylic acids is 1. The molecule has 0 heterocycles. The number of halogens is 1. The molecule has 2 aromatic carbocycles. The van der Waals surface area contributed by atoms with Gasteiger partial charge in [-0.25, -0.2) is 0 Å². The van der Waals surface area contributed by atoms with Crippen LogP contribution in [-0.4, -0.2) is 37.6 Å². The van der Waals surface area contributed by atoms with Gasteiger partial charge in [0.2, 0.25) is 5.91 Å². The molecule has 0 aliphatic heterocycles. The highest BCUT2D eigenvalue weighted by Gasteiger charge is 2.19. The zero-order valence-corrected chi connectivity index (χ0v) is 16.3. The maximum atomic E-state index is 12.5. The SMILES string of the molecule is CCOc1ccc(CN(C)[C@H](C)C(=O)Nc2ccccc2Cl)cc1OC. The smallest absolute Gasteiger partial charge is 0.241 e. The fourth-order valence-corrected chi connectivity index (χ4v) is 2.69. The molecule has 0 spiro atoms. The molecule has 0 saturated heterocycles. The molecule has 0 radical (unpaired) electrons. The van der Waals surface area contributed by atoms with Crippen molar-refractivity contribution in [1.29, 1.82) is 0 Å². The fraction of sp³-hybridized carbons (Fsp3) is 0.350. The first-order valence-corrected chi connectivity index (χ1v) is 8.89. The Kier molecular flexibility index (Phi) is 7.30. The highest BCUT2D eigenvalue weighted by atomic mass is 35.5. The molecule has 0 fully saturated rings. The summed E-state index contributed by atoms with van der Waals surface area (Å²) in [6.45, 7) is 4.97. The number of hydrogen-bond donors (Lipinski definition) is 1. The van der Waals surface area contributed by atoms with Gasteiger partial charge >= 0.3 is 0 Å². The molecule has 0 aliphatic carbocycles. The van der Waals surface area contributed by atoms with E-state index in [9.17, 15) is 4.79 Å². The third-order valence-electron chi connectivity index (χ3n) is 4.13. The van der Waals surface area contributed by atoms with Gasteiger partial charge in [-0.2, -0.15) is 0 Å². The van der Waals surface area contributed by atoms with Gasteiger partial charge in [-0.1, -0.05) is 29.8 Å². The fourth-order valence-electron chi connectivity index (χ4n) is 2.51. The number of carbonyl (C=O) groups is 1. The van der Waals surface area contributed by atoms with Gasteiger partial charge in [0.1, 0.15) is 0 Å². The second-order valence-corrected chi connectivity index (χ2v) is 6.39. The Morgan fingerprint density at radius 2 is 1.96 bits per heavy atom. The summed E-state index contributed by atoms with van der Waals surface area (Å²) in [5.41, 5.74) is 1.65. The molecule has 1 amide bonds. The minimum Gasteiger partial charge on any atom is -0.493 e. The van der Waals surface area contributed by atoms with Crippen molar-refractivity contribution in [1.82, 2.24) is 4.90 Å². The van der Waals surface area contributed by atoms with E-state index in [1.807, 2.05) is 56.1 Å². The average Bonchev–Trinajstić information content (AvgIpc) is 2.64. The zero-order valence-electron chi connectivity index (χ0n) is 15.6. The Hall–Kier alpha value is -2.24. The van der Waals surface area contributed by atoms with Gasteiger partial charge in [0.25, 0.3) is 0 Å². The Bertz CT molecular complexity index is 752. The quantitative estimate of drug-likeness (QED) is 0.749. The van der Waals surface area contributed by atoms with Crippen molar-refractivity contribution in [2.24, 2.45) is 0 Å². The van der Waals surface area contributed by atoms with Gasteiger partial charge in [-0.05, 0) is 50.7 Å². The van der Waals surface area contributed by atoms with Gasteiger partial charge in [-0.15, -0.1) is 0 Å². The van der Waals surface area contributed by atoms with E-state index in [1.54, 1.807) is 19.2 Å². The predicted molar refractivity (Wildman–Crippen MR) is 105 cm³/mol. The van der Waals surface area contributed by atoms with Crippen LogP contribution >= 0.6 is 11.6 Å². The summed E-state index contributed by atoms with van der Waals surface area (Å²) in [6.07, 6.45) is 0. The van der Waals surface area contributed by atoms with Crippen LogP contribution in [0.25, 0.3) is 0 Å². The summed E-state index contributed by atoms with van der Waals surface area (Å²) < 4.78 is 10.9. The summed E-state index contributed by atoms with van der Waals surface area (Å²) >= 11 is 6.10. The van der Waals surface area contributed by atoms with E-state index in [0.717, 1.165) is 5.56 Å². The molecule has 0 bridgehead atoms. The Balaban J connectivity index is 2.03. The largest absolute Gasteiger partial charge is 0.493 e. The second-order valence-electron chi connectivity index (χ2n) is 5.98. The van der Waals surface area contributed by atoms with Crippen LogP contribution in [0, 0.1) is 0 Å². The standard InChI is InChI=1S/C20H25ClN2O3/c1-5-26-18-11-10-15(12-19(18)25-4)13-23(3)14(2)20(24)22-17-9-7-6-8-16(17)21/h6-12,14H,5,13H2,1-4H3,(H,22,24)/t14-/m1/s1. The highest BCUT2D eigenvalue weighted by Crippen LogP contribution is 2.28. The van der Waals surface area contributed by atoms with Gasteiger partial charge < -0.3 is 14.8 Å².